The molecule has 1 aliphatic carbocycles. The number of ether oxygens (including phenoxy) is 1. The quantitative estimate of drug-likeness (QED) is 0.840. The largest absolute Gasteiger partial charge is 0.360 e. The number of nitrogens with two attached hydrogens (primary N) is 1. The Morgan fingerprint density at radius 1 is 1.35 bits per heavy atom. The molecule has 1 saturated carbocycles. The van der Waals surface area contributed by atoms with Crippen LogP contribution in [0.5, 0.6) is 0 Å². The van der Waals surface area contributed by atoms with Crippen molar-refractivity contribution in [3.63, 3.8) is 0 Å². The zero-order valence-electron chi connectivity index (χ0n) is 12.2. The molecule has 0 saturated heterocycles. The smallest absolute Gasteiger partial charge is 0.122 e. The van der Waals surface area contributed by atoms with Gasteiger partial charge in [-0.2, -0.15) is 0 Å². The van der Waals surface area contributed by atoms with Gasteiger partial charge in [-0.15, -0.1) is 0 Å². The van der Waals surface area contributed by atoms with Crippen LogP contribution in [0.25, 0.3) is 10.9 Å². The van der Waals surface area contributed by atoms with E-state index in [2.05, 4.69) is 42.0 Å². The zero-order valence-corrected chi connectivity index (χ0v) is 12.2. The number of fused-ring (bicyclic) bond motifs is 1. The lowest BCUT2D eigenvalue weighted by Crippen LogP contribution is -2.21. The van der Waals surface area contributed by atoms with Gasteiger partial charge in [0.05, 0.1) is 12.1 Å². The molecule has 3 nitrogen and oxygen atoms in total. The van der Waals surface area contributed by atoms with E-state index < -0.39 is 0 Å². The zero-order chi connectivity index (χ0) is 13.9. The highest BCUT2D eigenvalue weighted by atomic mass is 16.5. The average molecular weight is 272 g/mol. The molecule has 1 aromatic heterocycles. The van der Waals surface area contributed by atoms with Crippen LogP contribution in [-0.2, 0) is 17.9 Å². The first-order chi connectivity index (χ1) is 9.78. The molecule has 1 fully saturated rings. The number of nitrogens with zero attached hydrogens (tertiary/aromatic N) is 1. The van der Waals surface area contributed by atoms with Crippen molar-refractivity contribution in [3.05, 3.63) is 36.0 Å². The van der Waals surface area contributed by atoms with Gasteiger partial charge in [-0.3, -0.25) is 0 Å². The van der Waals surface area contributed by atoms with Crippen molar-refractivity contribution < 1.29 is 4.74 Å². The second kappa shape index (κ2) is 5.98. The normalized spacial score (nSPS) is 16.7. The van der Waals surface area contributed by atoms with Crippen molar-refractivity contribution in [3.8, 4) is 0 Å². The van der Waals surface area contributed by atoms with E-state index in [0.717, 1.165) is 25.4 Å². The Kier molecular flexibility index (Phi) is 4.08. The summed E-state index contributed by atoms with van der Waals surface area (Å²) in [6, 6.07) is 8.87. The summed E-state index contributed by atoms with van der Waals surface area (Å²) in [6.07, 6.45) is 6.74. The van der Waals surface area contributed by atoms with Gasteiger partial charge in [-0.05, 0) is 48.6 Å². The summed E-state index contributed by atoms with van der Waals surface area (Å²) in [5.74, 6) is 0.810. The van der Waals surface area contributed by atoms with E-state index in [9.17, 15) is 0 Å². The lowest BCUT2D eigenvalue weighted by Gasteiger charge is -2.13. The first-order valence-electron chi connectivity index (χ1n) is 7.68. The summed E-state index contributed by atoms with van der Waals surface area (Å²) in [5, 5.41) is 1.28. The fourth-order valence-electron chi connectivity index (χ4n) is 2.64. The summed E-state index contributed by atoms with van der Waals surface area (Å²) < 4.78 is 8.05. The average Bonchev–Trinajstić information content (AvgIpc) is 3.18. The van der Waals surface area contributed by atoms with Gasteiger partial charge in [-0.1, -0.05) is 25.1 Å². The van der Waals surface area contributed by atoms with Gasteiger partial charge >= 0.3 is 0 Å². The Morgan fingerprint density at radius 3 is 2.95 bits per heavy atom. The van der Waals surface area contributed by atoms with Crippen LogP contribution in [0, 0.1) is 5.92 Å². The van der Waals surface area contributed by atoms with Crippen molar-refractivity contribution in [1.29, 1.82) is 0 Å². The summed E-state index contributed by atoms with van der Waals surface area (Å²) in [6.45, 7) is 3.69. The minimum atomic E-state index is 0.233. The molecule has 0 radical (unpaired) electrons. The summed E-state index contributed by atoms with van der Waals surface area (Å²) in [4.78, 5) is 0. The molecule has 0 aliphatic heterocycles. The van der Waals surface area contributed by atoms with Gasteiger partial charge in [0.2, 0.25) is 0 Å². The molecular formula is C17H24N2O. The molecule has 0 bridgehead atoms. The van der Waals surface area contributed by atoms with Crippen LogP contribution >= 0.6 is 0 Å². The van der Waals surface area contributed by atoms with Gasteiger partial charge in [0.1, 0.15) is 6.73 Å². The lowest BCUT2D eigenvalue weighted by atomic mass is 10.0. The Balaban J connectivity index is 1.79. The van der Waals surface area contributed by atoms with Crippen molar-refractivity contribution in [2.75, 3.05) is 6.61 Å². The summed E-state index contributed by atoms with van der Waals surface area (Å²) in [5.41, 5.74) is 8.74. The molecular weight excluding hydrogens is 248 g/mol. The second-order valence-electron chi connectivity index (χ2n) is 5.96. The molecule has 2 aromatic rings. The van der Waals surface area contributed by atoms with Crippen LogP contribution in [0.15, 0.2) is 30.5 Å². The standard InChI is InChI=1S/C17H24N2O/c1-2-16(18)10-15-5-3-4-14-8-9-19(17(14)15)12-20-11-13-6-7-13/h3-5,8-9,13,16H,2,6-7,10-12,18H2,1H3. The molecule has 1 heterocycles. The fraction of sp³-hybridized carbons (Fsp3) is 0.529. The number of para-hydroxylation sites is 1. The van der Waals surface area contributed by atoms with Crippen LogP contribution in [0.2, 0.25) is 0 Å². The van der Waals surface area contributed by atoms with Gasteiger partial charge in [-0.25, -0.2) is 0 Å². The second-order valence-corrected chi connectivity index (χ2v) is 5.96. The van der Waals surface area contributed by atoms with Crippen LogP contribution < -0.4 is 5.73 Å². The minimum Gasteiger partial charge on any atom is -0.360 e. The van der Waals surface area contributed by atoms with Crippen LogP contribution in [0.1, 0.15) is 31.7 Å². The SMILES string of the molecule is CCC(N)Cc1cccc2ccn(COCC3CC3)c12. The van der Waals surface area contributed by atoms with E-state index in [1.165, 1.54) is 29.3 Å². The van der Waals surface area contributed by atoms with Gasteiger partial charge < -0.3 is 15.0 Å². The van der Waals surface area contributed by atoms with Gasteiger partial charge in [0, 0.05) is 12.2 Å². The van der Waals surface area contributed by atoms with Crippen molar-refractivity contribution in [1.82, 2.24) is 4.57 Å². The third-order valence-corrected chi connectivity index (χ3v) is 4.16. The number of rotatable bonds is 7. The van der Waals surface area contributed by atoms with Gasteiger partial charge in [0.25, 0.3) is 0 Å². The first kappa shape index (κ1) is 13.7. The van der Waals surface area contributed by atoms with E-state index in [1.807, 2.05) is 0 Å². The van der Waals surface area contributed by atoms with Crippen molar-refractivity contribution in [2.45, 2.75) is 45.4 Å². The van der Waals surface area contributed by atoms with E-state index in [4.69, 9.17) is 10.5 Å². The predicted octanol–water partition coefficient (Wildman–Crippen LogP) is 3.31. The van der Waals surface area contributed by atoms with Crippen LogP contribution in [0.3, 0.4) is 0 Å². The highest BCUT2D eigenvalue weighted by Gasteiger charge is 2.21. The topological polar surface area (TPSA) is 40.2 Å². The Bertz CT molecular complexity index is 571. The maximum absolute atomic E-state index is 6.12. The van der Waals surface area contributed by atoms with Crippen LogP contribution in [0.4, 0.5) is 0 Å². The number of hydrogen-bond donors (Lipinski definition) is 1. The first-order valence-corrected chi connectivity index (χ1v) is 7.68. The Hall–Kier alpha value is -1.32. The highest BCUT2D eigenvalue weighted by Crippen LogP contribution is 2.29. The third kappa shape index (κ3) is 3.05. The minimum absolute atomic E-state index is 0.233. The number of hydrogen-bond acceptors (Lipinski definition) is 2. The molecule has 1 atom stereocenters. The molecule has 1 aromatic carbocycles. The molecule has 0 amide bonds. The maximum Gasteiger partial charge on any atom is 0.122 e. The predicted molar refractivity (Wildman–Crippen MR) is 82.6 cm³/mol. The molecule has 3 heteroatoms. The third-order valence-electron chi connectivity index (χ3n) is 4.16. The molecule has 0 spiro atoms. The van der Waals surface area contributed by atoms with E-state index in [1.54, 1.807) is 0 Å². The van der Waals surface area contributed by atoms with E-state index >= 15 is 0 Å². The molecule has 108 valence electrons. The van der Waals surface area contributed by atoms with E-state index in [0.29, 0.717) is 6.73 Å². The highest BCUT2D eigenvalue weighted by molar-refractivity contribution is 5.83. The Morgan fingerprint density at radius 2 is 2.20 bits per heavy atom. The van der Waals surface area contributed by atoms with Gasteiger partial charge in [0.15, 0.2) is 0 Å². The van der Waals surface area contributed by atoms with Crippen molar-refractivity contribution in [2.24, 2.45) is 11.7 Å². The molecule has 1 aliphatic rings. The number of aromatic nitrogens is 1. The monoisotopic (exact) mass is 272 g/mol. The maximum atomic E-state index is 6.12. The van der Waals surface area contributed by atoms with Crippen molar-refractivity contribution >= 4 is 10.9 Å². The molecule has 1 unspecified atom stereocenters. The number of benzene rings is 1. The van der Waals surface area contributed by atoms with Crippen LogP contribution in [-0.4, -0.2) is 17.2 Å². The summed E-state index contributed by atoms with van der Waals surface area (Å²) >= 11 is 0. The Labute approximate surface area is 120 Å². The molecule has 2 N–H and O–H groups in total. The van der Waals surface area contributed by atoms with E-state index in [-0.39, 0.29) is 6.04 Å². The lowest BCUT2D eigenvalue weighted by molar-refractivity contribution is 0.0717. The summed E-state index contributed by atoms with van der Waals surface area (Å²) in [7, 11) is 0. The molecule has 20 heavy (non-hydrogen) atoms. The molecule has 3 rings (SSSR count). The fourth-order valence-corrected chi connectivity index (χ4v) is 2.64.